The predicted octanol–water partition coefficient (Wildman–Crippen LogP) is 9.15. The van der Waals surface area contributed by atoms with Gasteiger partial charge in [0.15, 0.2) is 0 Å². The lowest BCUT2D eigenvalue weighted by atomic mass is 9.79. The first kappa shape index (κ1) is 31.8. The molecule has 1 saturated heterocycles. The number of hydrogen-bond acceptors (Lipinski definition) is 2. The highest BCUT2D eigenvalue weighted by Gasteiger charge is 2.43. The van der Waals surface area contributed by atoms with E-state index < -0.39 is 71.2 Å². The zero-order chi connectivity index (χ0) is 30.0. The Labute approximate surface area is 226 Å². The summed E-state index contributed by atoms with van der Waals surface area (Å²) in [5.41, 5.74) is -3.78. The second-order valence-corrected chi connectivity index (χ2v) is 10.6. The van der Waals surface area contributed by atoms with Crippen LogP contribution in [0.25, 0.3) is 0 Å². The van der Waals surface area contributed by atoms with Crippen LogP contribution in [0.3, 0.4) is 0 Å². The second kappa shape index (κ2) is 12.0. The lowest BCUT2D eigenvalue weighted by molar-refractivity contribution is -0.142. The van der Waals surface area contributed by atoms with E-state index in [9.17, 15) is 49.4 Å². The summed E-state index contributed by atoms with van der Waals surface area (Å²) in [5, 5.41) is 9.53. The maximum atomic E-state index is 14.1. The molecule has 12 heteroatoms. The molecular weight excluding hydrogens is 553 g/mol. The summed E-state index contributed by atoms with van der Waals surface area (Å²) in [6.45, 7) is 3.74. The number of likely N-dealkylation sites (tertiary alicyclic amines) is 1. The van der Waals surface area contributed by atoms with Crippen LogP contribution in [-0.2, 0) is 23.3 Å². The van der Waals surface area contributed by atoms with Crippen LogP contribution in [0.2, 0.25) is 0 Å². The van der Waals surface area contributed by atoms with Gasteiger partial charge in [-0.1, -0.05) is 26.0 Å². The molecule has 0 aromatic heterocycles. The Morgan fingerprint density at radius 3 is 1.95 bits per heavy atom. The number of carbonyl (C=O) groups is 1. The van der Waals surface area contributed by atoms with Gasteiger partial charge in [0.1, 0.15) is 0 Å². The quantitative estimate of drug-likeness (QED) is 0.315. The van der Waals surface area contributed by atoms with Gasteiger partial charge < -0.3 is 5.11 Å². The van der Waals surface area contributed by atoms with E-state index in [-0.39, 0.29) is 24.4 Å². The zero-order valence-corrected chi connectivity index (χ0v) is 21.8. The summed E-state index contributed by atoms with van der Waals surface area (Å²) in [6, 6.07) is 3.11. The van der Waals surface area contributed by atoms with Crippen molar-refractivity contribution in [2.45, 2.75) is 76.6 Å². The van der Waals surface area contributed by atoms with Crippen LogP contribution in [0.4, 0.5) is 39.5 Å². The molecule has 3 atom stereocenters. The van der Waals surface area contributed by atoms with Gasteiger partial charge >= 0.3 is 24.5 Å². The lowest BCUT2D eigenvalue weighted by Crippen LogP contribution is -2.42. The molecule has 0 saturated carbocycles. The fourth-order valence-corrected chi connectivity index (χ4v) is 5.49. The maximum absolute atomic E-state index is 14.1. The van der Waals surface area contributed by atoms with Crippen LogP contribution in [-0.4, -0.2) is 22.5 Å². The molecule has 0 bridgehead atoms. The third-order valence-corrected chi connectivity index (χ3v) is 7.27. The molecule has 1 fully saturated rings. The monoisotopic (exact) mass is 583 g/mol. The van der Waals surface area contributed by atoms with Gasteiger partial charge in [-0.3, -0.25) is 9.69 Å². The zero-order valence-electron chi connectivity index (χ0n) is 21.8. The van der Waals surface area contributed by atoms with Gasteiger partial charge in [0.2, 0.25) is 0 Å². The Kier molecular flexibility index (Phi) is 9.53. The first-order chi connectivity index (χ1) is 18.4. The number of alkyl halides is 9. The summed E-state index contributed by atoms with van der Waals surface area (Å²) < 4.78 is 123. The normalized spacial score (nSPS) is 20.1. The average molecular weight is 584 g/mol. The van der Waals surface area contributed by atoms with Crippen molar-refractivity contribution in [1.82, 2.24) is 4.90 Å². The number of carboxylic acid groups (broad SMARTS) is 1. The molecule has 3 rings (SSSR count). The maximum Gasteiger partial charge on any atom is 0.416 e. The molecule has 0 amide bonds. The van der Waals surface area contributed by atoms with Crippen LogP contribution < -0.4 is 0 Å². The Morgan fingerprint density at radius 1 is 0.875 bits per heavy atom. The summed E-state index contributed by atoms with van der Waals surface area (Å²) in [5.74, 6) is -1.91. The summed E-state index contributed by atoms with van der Waals surface area (Å²) in [6.07, 6.45) is -13.9. The molecule has 40 heavy (non-hydrogen) atoms. The predicted molar refractivity (Wildman–Crippen MR) is 129 cm³/mol. The van der Waals surface area contributed by atoms with Gasteiger partial charge in [0.05, 0.1) is 16.7 Å². The standard InChI is InChI=1S/C28H30F9NO2/c1-16(2)5-12-23(21-15-20(27(32,33)34)10-11-22(21)28(35,36)37)38-13-3-4-18(14-24(39)40)25(38)17-6-8-19(9-7-17)26(29,30)31/h6-11,15-16,18,23,25H,3-5,12-14H2,1-2H3,(H,39,40)/t18-,23?,25-/m0/s1. The van der Waals surface area contributed by atoms with E-state index in [1.54, 1.807) is 4.90 Å². The third kappa shape index (κ3) is 7.70. The number of hydrogen-bond donors (Lipinski definition) is 1. The van der Waals surface area contributed by atoms with Crippen LogP contribution >= 0.6 is 0 Å². The third-order valence-electron chi connectivity index (χ3n) is 7.27. The minimum Gasteiger partial charge on any atom is -0.481 e. The van der Waals surface area contributed by atoms with Gasteiger partial charge in [0.25, 0.3) is 0 Å². The number of carboxylic acids is 1. The smallest absolute Gasteiger partial charge is 0.416 e. The largest absolute Gasteiger partial charge is 0.481 e. The minimum atomic E-state index is -4.98. The summed E-state index contributed by atoms with van der Waals surface area (Å²) >= 11 is 0. The fraction of sp³-hybridized carbons (Fsp3) is 0.536. The van der Waals surface area contributed by atoms with Crippen LogP contribution in [0, 0.1) is 11.8 Å². The molecule has 1 aliphatic heterocycles. The van der Waals surface area contributed by atoms with E-state index in [1.165, 1.54) is 0 Å². The molecule has 1 N–H and O–H groups in total. The van der Waals surface area contributed by atoms with Gasteiger partial charge in [-0.2, -0.15) is 39.5 Å². The van der Waals surface area contributed by atoms with Crippen molar-refractivity contribution in [3.05, 3.63) is 70.3 Å². The highest BCUT2D eigenvalue weighted by Crippen LogP contribution is 2.48. The second-order valence-electron chi connectivity index (χ2n) is 10.6. The van der Waals surface area contributed by atoms with Crippen molar-refractivity contribution >= 4 is 5.97 Å². The summed E-state index contributed by atoms with van der Waals surface area (Å²) in [4.78, 5) is 13.3. The fourth-order valence-electron chi connectivity index (χ4n) is 5.49. The van der Waals surface area contributed by atoms with E-state index in [4.69, 9.17) is 0 Å². The molecule has 1 aliphatic rings. The molecule has 1 heterocycles. The molecule has 0 radical (unpaired) electrons. The Bertz CT molecular complexity index is 1150. The van der Waals surface area contributed by atoms with Crippen molar-refractivity contribution in [2.75, 3.05) is 6.54 Å². The average Bonchev–Trinajstić information content (AvgIpc) is 2.82. The van der Waals surface area contributed by atoms with Gasteiger partial charge in [-0.05, 0) is 85.5 Å². The highest BCUT2D eigenvalue weighted by atomic mass is 19.4. The molecule has 1 unspecified atom stereocenters. The SMILES string of the molecule is CC(C)CCC(c1cc(C(F)(F)F)ccc1C(F)(F)F)N1CCC[C@@H](CC(=O)O)[C@@H]1c1ccc(C(F)(F)F)cc1. The van der Waals surface area contributed by atoms with Crippen LogP contribution in [0.1, 0.15) is 85.9 Å². The van der Waals surface area contributed by atoms with Gasteiger partial charge in [0, 0.05) is 18.5 Å². The number of aliphatic carboxylic acids is 1. The van der Waals surface area contributed by atoms with Crippen molar-refractivity contribution in [1.29, 1.82) is 0 Å². The minimum absolute atomic E-state index is 0.0215. The lowest BCUT2D eigenvalue weighted by Gasteiger charge is -2.46. The van der Waals surface area contributed by atoms with Gasteiger partial charge in [-0.25, -0.2) is 0 Å². The first-order valence-corrected chi connectivity index (χ1v) is 12.8. The Hall–Kier alpha value is -2.76. The molecule has 2 aromatic rings. The highest BCUT2D eigenvalue weighted by molar-refractivity contribution is 5.67. The van der Waals surface area contributed by atoms with Crippen molar-refractivity contribution in [3.63, 3.8) is 0 Å². The first-order valence-electron chi connectivity index (χ1n) is 12.8. The molecular formula is C28H30F9NO2. The molecule has 2 aromatic carbocycles. The number of halogens is 9. The van der Waals surface area contributed by atoms with Crippen molar-refractivity contribution in [2.24, 2.45) is 11.8 Å². The van der Waals surface area contributed by atoms with E-state index in [1.807, 2.05) is 13.8 Å². The van der Waals surface area contributed by atoms with E-state index in [2.05, 4.69) is 0 Å². The molecule has 0 aliphatic carbocycles. The van der Waals surface area contributed by atoms with Gasteiger partial charge in [-0.15, -0.1) is 0 Å². The number of nitrogens with zero attached hydrogens (tertiary/aromatic N) is 1. The number of rotatable bonds is 8. The molecule has 0 spiro atoms. The van der Waals surface area contributed by atoms with E-state index in [0.29, 0.717) is 37.5 Å². The Morgan fingerprint density at radius 2 is 1.45 bits per heavy atom. The van der Waals surface area contributed by atoms with E-state index >= 15 is 0 Å². The number of benzene rings is 2. The molecule has 3 nitrogen and oxygen atoms in total. The summed E-state index contributed by atoms with van der Waals surface area (Å²) in [7, 11) is 0. The van der Waals surface area contributed by atoms with Crippen molar-refractivity contribution in [3.8, 4) is 0 Å². The van der Waals surface area contributed by atoms with Crippen LogP contribution in [0.5, 0.6) is 0 Å². The number of piperidine rings is 1. The van der Waals surface area contributed by atoms with Crippen LogP contribution in [0.15, 0.2) is 42.5 Å². The van der Waals surface area contributed by atoms with Crippen molar-refractivity contribution < 1.29 is 49.4 Å². The van der Waals surface area contributed by atoms with E-state index in [0.717, 1.165) is 24.3 Å². The Balaban J connectivity index is 2.23. The topological polar surface area (TPSA) is 40.5 Å². The molecule has 222 valence electrons.